The minimum Gasteiger partial charge on any atom is -0.383 e. The Bertz CT molecular complexity index is 580. The van der Waals surface area contributed by atoms with Crippen molar-refractivity contribution in [3.63, 3.8) is 0 Å². The Morgan fingerprint density at radius 3 is 2.14 bits per heavy atom. The van der Waals surface area contributed by atoms with Gasteiger partial charge in [-0.25, -0.2) is 0 Å². The van der Waals surface area contributed by atoms with E-state index in [1.165, 1.54) is 39.8 Å². The highest BCUT2D eigenvalue weighted by Gasteiger charge is 2.36. The number of carbonyl (C=O) groups is 1. The van der Waals surface area contributed by atoms with Gasteiger partial charge in [-0.3, -0.25) is 0 Å². The van der Waals surface area contributed by atoms with E-state index < -0.39 is 5.60 Å². The van der Waals surface area contributed by atoms with Crippen LogP contribution in [0.4, 0.5) is 0 Å². The van der Waals surface area contributed by atoms with Crippen LogP contribution >= 0.6 is 0 Å². The van der Waals surface area contributed by atoms with E-state index in [9.17, 15) is 9.90 Å². The van der Waals surface area contributed by atoms with E-state index in [1.807, 2.05) is 0 Å². The van der Waals surface area contributed by atoms with Crippen molar-refractivity contribution in [1.29, 1.82) is 0 Å². The molecule has 0 aromatic heterocycles. The Hall–Kier alpha value is -1.15. The minimum absolute atomic E-state index is 0.207. The molecule has 0 heterocycles. The lowest BCUT2D eigenvalue weighted by Crippen LogP contribution is -2.36. The first-order valence-electron chi connectivity index (χ1n) is 7.91. The summed E-state index contributed by atoms with van der Waals surface area (Å²) in [6, 6.07) is 0. The van der Waals surface area contributed by atoms with E-state index in [1.54, 1.807) is 6.92 Å². The second-order valence-corrected chi connectivity index (χ2v) is 7.60. The average molecular weight is 288 g/mol. The lowest BCUT2D eigenvalue weighted by Gasteiger charge is -2.35. The Balaban J connectivity index is 2.61. The largest absolute Gasteiger partial charge is 0.383 e. The van der Waals surface area contributed by atoms with Gasteiger partial charge in [0.2, 0.25) is 0 Å². The normalized spacial score (nSPS) is 17.5. The number of rotatable bonds is 4. The summed E-state index contributed by atoms with van der Waals surface area (Å²) in [4.78, 5) is 11.1. The molecule has 1 unspecified atom stereocenters. The topological polar surface area (TPSA) is 37.3 Å². The highest BCUT2D eigenvalue weighted by molar-refractivity contribution is 5.62. The number of fused-ring (bicyclic) bond motifs is 1. The van der Waals surface area contributed by atoms with Crippen LogP contribution in [0.15, 0.2) is 0 Å². The van der Waals surface area contributed by atoms with Crippen molar-refractivity contribution in [2.45, 2.75) is 78.2 Å². The van der Waals surface area contributed by atoms with Gasteiger partial charge in [0, 0.05) is 0 Å². The van der Waals surface area contributed by atoms with Gasteiger partial charge < -0.3 is 9.90 Å². The lowest BCUT2D eigenvalue weighted by molar-refractivity contribution is -0.124. The van der Waals surface area contributed by atoms with Crippen molar-refractivity contribution in [2.75, 3.05) is 0 Å². The zero-order valence-electron chi connectivity index (χ0n) is 14.3. The highest BCUT2D eigenvalue weighted by atomic mass is 16.3. The molecule has 1 aliphatic carbocycles. The van der Waals surface area contributed by atoms with Crippen LogP contribution in [0.1, 0.15) is 67.0 Å². The maximum atomic E-state index is 11.1. The molecule has 1 atom stereocenters. The first-order valence-corrected chi connectivity index (χ1v) is 7.91. The Kier molecular flexibility index (Phi) is 4.05. The number of hydrogen-bond donors (Lipinski definition) is 1. The molecule has 2 nitrogen and oxygen atoms in total. The zero-order chi connectivity index (χ0) is 16.0. The van der Waals surface area contributed by atoms with Gasteiger partial charge in [-0.1, -0.05) is 13.8 Å². The van der Waals surface area contributed by atoms with Crippen molar-refractivity contribution in [2.24, 2.45) is 0 Å². The van der Waals surface area contributed by atoms with Crippen LogP contribution in [0.5, 0.6) is 0 Å². The van der Waals surface area contributed by atoms with Gasteiger partial charge >= 0.3 is 0 Å². The van der Waals surface area contributed by atoms with Crippen molar-refractivity contribution in [3.05, 3.63) is 33.4 Å². The van der Waals surface area contributed by atoms with Gasteiger partial charge in [-0.05, 0) is 92.2 Å². The summed E-state index contributed by atoms with van der Waals surface area (Å²) in [7, 11) is 0. The van der Waals surface area contributed by atoms with E-state index in [4.69, 9.17) is 0 Å². The molecule has 1 aliphatic rings. The van der Waals surface area contributed by atoms with Crippen LogP contribution in [-0.2, 0) is 23.1 Å². The average Bonchev–Trinajstić information content (AvgIpc) is 2.83. The van der Waals surface area contributed by atoms with Crippen LogP contribution in [-0.4, -0.2) is 17.0 Å². The maximum Gasteiger partial charge on any atom is 0.151 e. The molecule has 0 amide bonds. The summed E-state index contributed by atoms with van der Waals surface area (Å²) < 4.78 is 0. The number of aldehydes is 1. The van der Waals surface area contributed by atoms with Crippen molar-refractivity contribution in [3.8, 4) is 0 Å². The molecule has 0 radical (unpaired) electrons. The van der Waals surface area contributed by atoms with Gasteiger partial charge in [0.15, 0.2) is 6.29 Å². The minimum atomic E-state index is -1.26. The van der Waals surface area contributed by atoms with Gasteiger partial charge in [0.05, 0.1) is 0 Å². The van der Waals surface area contributed by atoms with E-state index in [2.05, 4.69) is 34.6 Å². The van der Waals surface area contributed by atoms with Crippen molar-refractivity contribution < 1.29 is 9.90 Å². The number of aliphatic hydroxyl groups is 1. The summed E-state index contributed by atoms with van der Waals surface area (Å²) >= 11 is 0. The molecule has 21 heavy (non-hydrogen) atoms. The maximum absolute atomic E-state index is 11.1. The molecule has 116 valence electrons. The third-order valence-electron chi connectivity index (χ3n) is 5.20. The number of hydrogen-bond acceptors (Lipinski definition) is 2. The van der Waals surface area contributed by atoms with E-state index in [-0.39, 0.29) is 5.41 Å². The second-order valence-electron chi connectivity index (χ2n) is 7.60. The first kappa shape index (κ1) is 16.2. The van der Waals surface area contributed by atoms with Crippen molar-refractivity contribution >= 4 is 6.29 Å². The van der Waals surface area contributed by atoms with Crippen molar-refractivity contribution in [1.82, 2.24) is 0 Å². The van der Waals surface area contributed by atoms with Crippen LogP contribution in [0, 0.1) is 20.8 Å². The summed E-state index contributed by atoms with van der Waals surface area (Å²) in [5.74, 6) is 0. The summed E-state index contributed by atoms with van der Waals surface area (Å²) in [6.45, 7) is 12.5. The molecule has 0 saturated carbocycles. The predicted molar refractivity (Wildman–Crippen MR) is 87.0 cm³/mol. The van der Waals surface area contributed by atoms with E-state index in [0.29, 0.717) is 12.7 Å². The highest BCUT2D eigenvalue weighted by Crippen LogP contribution is 2.42. The second kappa shape index (κ2) is 5.24. The third kappa shape index (κ3) is 2.78. The van der Waals surface area contributed by atoms with Gasteiger partial charge in [-0.2, -0.15) is 0 Å². The predicted octanol–water partition coefficient (Wildman–Crippen LogP) is 3.72. The standard InChI is InChI=1S/C19H28O2/c1-12-13(2)15-8-7-9-16(15)17(14(12)3)18(4,5)10-19(6,21)11-20/h11,21H,7-10H2,1-6H3. The molecule has 1 aromatic carbocycles. The summed E-state index contributed by atoms with van der Waals surface area (Å²) in [5.41, 5.74) is 7.00. The van der Waals surface area contributed by atoms with E-state index >= 15 is 0 Å². The molecule has 0 saturated heterocycles. The molecule has 2 heteroatoms. The Morgan fingerprint density at radius 2 is 1.57 bits per heavy atom. The molecule has 2 rings (SSSR count). The molecule has 0 aliphatic heterocycles. The molecular weight excluding hydrogens is 260 g/mol. The SMILES string of the molecule is Cc1c(C)c2c(c(C(C)(C)CC(C)(O)C=O)c1C)CCC2. The van der Waals surface area contributed by atoms with Crippen LogP contribution in [0.3, 0.4) is 0 Å². The van der Waals surface area contributed by atoms with E-state index in [0.717, 1.165) is 12.8 Å². The molecule has 0 bridgehead atoms. The molecular formula is C19H28O2. The van der Waals surface area contributed by atoms with Crippen LogP contribution in [0.25, 0.3) is 0 Å². The number of carbonyl (C=O) groups excluding carboxylic acids is 1. The van der Waals surface area contributed by atoms with Crippen LogP contribution < -0.4 is 0 Å². The summed E-state index contributed by atoms with van der Waals surface area (Å²) in [5, 5.41) is 10.2. The Labute approximate surface area is 128 Å². The molecule has 1 N–H and O–H groups in total. The first-order chi connectivity index (χ1) is 9.60. The molecule has 0 spiro atoms. The summed E-state index contributed by atoms with van der Waals surface area (Å²) in [6.07, 6.45) is 4.63. The van der Waals surface area contributed by atoms with Gasteiger partial charge in [0.25, 0.3) is 0 Å². The fourth-order valence-corrected chi connectivity index (χ4v) is 4.30. The van der Waals surface area contributed by atoms with Crippen LogP contribution in [0.2, 0.25) is 0 Å². The number of benzene rings is 1. The van der Waals surface area contributed by atoms with Gasteiger partial charge in [-0.15, -0.1) is 0 Å². The Morgan fingerprint density at radius 1 is 1.00 bits per heavy atom. The fourth-order valence-electron chi connectivity index (χ4n) is 4.30. The molecule has 1 aromatic rings. The fraction of sp³-hybridized carbons (Fsp3) is 0.632. The monoisotopic (exact) mass is 288 g/mol. The third-order valence-corrected chi connectivity index (χ3v) is 5.20. The lowest BCUT2D eigenvalue weighted by atomic mass is 9.70. The quantitative estimate of drug-likeness (QED) is 0.857. The van der Waals surface area contributed by atoms with Gasteiger partial charge in [0.1, 0.15) is 5.60 Å². The zero-order valence-corrected chi connectivity index (χ0v) is 14.3. The smallest absolute Gasteiger partial charge is 0.151 e. The molecule has 0 fully saturated rings.